The van der Waals surface area contributed by atoms with Crippen LogP contribution in [0.1, 0.15) is 21.5 Å². The molecule has 4 heteroatoms. The number of phenolic OH excluding ortho intramolecular Hbond substituents is 1. The molecule has 0 saturated heterocycles. The zero-order chi connectivity index (χ0) is 13.4. The number of hydrogen-bond acceptors (Lipinski definition) is 4. The Kier molecular flexibility index (Phi) is 2.56. The molecule has 4 nitrogen and oxygen atoms in total. The van der Waals surface area contributed by atoms with Crippen LogP contribution in [0, 0.1) is 6.92 Å². The highest BCUT2D eigenvalue weighted by Crippen LogP contribution is 2.38. The van der Waals surface area contributed by atoms with Gasteiger partial charge in [-0.15, -0.1) is 0 Å². The van der Waals surface area contributed by atoms with Crippen molar-refractivity contribution in [3.8, 4) is 11.5 Å². The van der Waals surface area contributed by atoms with Crippen LogP contribution in [0.3, 0.4) is 0 Å². The van der Waals surface area contributed by atoms with Gasteiger partial charge < -0.3 is 9.84 Å². The lowest BCUT2D eigenvalue weighted by Gasteiger charge is -2.00. The SMILES string of the molecule is Cc1cc(O)c2c(c1)O/C(=C\c1cccnc1)C2=O. The summed E-state index contributed by atoms with van der Waals surface area (Å²) < 4.78 is 5.51. The first-order valence-electron chi connectivity index (χ1n) is 5.83. The summed E-state index contributed by atoms with van der Waals surface area (Å²) in [6, 6.07) is 6.88. The minimum Gasteiger partial charge on any atom is -0.507 e. The summed E-state index contributed by atoms with van der Waals surface area (Å²) in [5.41, 5.74) is 1.84. The molecule has 1 aromatic carbocycles. The second-order valence-electron chi connectivity index (χ2n) is 4.38. The third-order valence-electron chi connectivity index (χ3n) is 2.88. The number of aromatic hydroxyl groups is 1. The first kappa shape index (κ1) is 11.5. The molecule has 0 radical (unpaired) electrons. The van der Waals surface area contributed by atoms with Crippen molar-refractivity contribution in [2.45, 2.75) is 6.92 Å². The van der Waals surface area contributed by atoms with Crippen molar-refractivity contribution in [3.63, 3.8) is 0 Å². The topological polar surface area (TPSA) is 59.4 Å². The van der Waals surface area contributed by atoms with Gasteiger partial charge in [0.15, 0.2) is 5.76 Å². The van der Waals surface area contributed by atoms with Gasteiger partial charge in [0.25, 0.3) is 0 Å². The van der Waals surface area contributed by atoms with Crippen LogP contribution >= 0.6 is 0 Å². The number of phenols is 1. The first-order valence-corrected chi connectivity index (χ1v) is 5.83. The van der Waals surface area contributed by atoms with Crippen molar-refractivity contribution in [1.29, 1.82) is 0 Å². The van der Waals surface area contributed by atoms with Gasteiger partial charge in [0.2, 0.25) is 5.78 Å². The number of nitrogens with zero attached hydrogens (tertiary/aromatic N) is 1. The largest absolute Gasteiger partial charge is 0.507 e. The number of aryl methyl sites for hydroxylation is 1. The van der Waals surface area contributed by atoms with Crippen molar-refractivity contribution < 1.29 is 14.6 Å². The Morgan fingerprint density at radius 2 is 2.21 bits per heavy atom. The van der Waals surface area contributed by atoms with Crippen LogP contribution in [0.2, 0.25) is 0 Å². The molecule has 0 saturated carbocycles. The van der Waals surface area contributed by atoms with Gasteiger partial charge in [-0.2, -0.15) is 0 Å². The summed E-state index contributed by atoms with van der Waals surface area (Å²) in [5.74, 6) is 0.243. The molecule has 0 aliphatic carbocycles. The van der Waals surface area contributed by atoms with Crippen LogP contribution in [0.4, 0.5) is 0 Å². The summed E-state index contributed by atoms with van der Waals surface area (Å²) in [7, 11) is 0. The zero-order valence-corrected chi connectivity index (χ0v) is 10.3. The van der Waals surface area contributed by atoms with Crippen molar-refractivity contribution in [2.75, 3.05) is 0 Å². The highest BCUT2D eigenvalue weighted by Gasteiger charge is 2.30. The average Bonchev–Trinajstić information content (AvgIpc) is 2.67. The first-order chi connectivity index (χ1) is 9.15. The number of Topliss-reactive ketones (excluding diaryl/α,β-unsaturated/α-hetero) is 1. The fourth-order valence-corrected chi connectivity index (χ4v) is 2.04. The van der Waals surface area contributed by atoms with E-state index >= 15 is 0 Å². The smallest absolute Gasteiger partial charge is 0.235 e. The number of fused-ring (bicyclic) bond motifs is 1. The number of ether oxygens (including phenoxy) is 1. The van der Waals surface area contributed by atoms with E-state index in [4.69, 9.17) is 4.74 Å². The summed E-state index contributed by atoms with van der Waals surface area (Å²) in [5, 5.41) is 9.83. The van der Waals surface area contributed by atoms with Crippen LogP contribution in [0.15, 0.2) is 42.4 Å². The van der Waals surface area contributed by atoms with E-state index in [0.29, 0.717) is 5.75 Å². The maximum atomic E-state index is 12.2. The fourth-order valence-electron chi connectivity index (χ4n) is 2.04. The molecule has 0 bridgehead atoms. The van der Waals surface area contributed by atoms with E-state index in [9.17, 15) is 9.90 Å². The van der Waals surface area contributed by atoms with E-state index in [2.05, 4.69) is 4.98 Å². The minimum atomic E-state index is -0.309. The number of rotatable bonds is 1. The normalized spacial score (nSPS) is 15.4. The number of allylic oxidation sites excluding steroid dienone is 1. The molecule has 3 rings (SSSR count). The standard InChI is InChI=1S/C15H11NO3/c1-9-5-11(17)14-12(6-9)19-13(15(14)18)7-10-3-2-4-16-8-10/h2-8,17H,1H3/b13-7-. The number of ketones is 1. The van der Waals surface area contributed by atoms with Crippen molar-refractivity contribution in [2.24, 2.45) is 0 Å². The molecule has 0 fully saturated rings. The van der Waals surface area contributed by atoms with Crippen LogP contribution < -0.4 is 4.74 Å². The van der Waals surface area contributed by atoms with Gasteiger partial charge >= 0.3 is 0 Å². The monoisotopic (exact) mass is 253 g/mol. The predicted octanol–water partition coefficient (Wildman–Crippen LogP) is 2.71. The van der Waals surface area contributed by atoms with Gasteiger partial charge in [0, 0.05) is 12.4 Å². The number of benzene rings is 1. The molecule has 1 aliphatic heterocycles. The van der Waals surface area contributed by atoms with Crippen LogP contribution in [-0.2, 0) is 0 Å². The van der Waals surface area contributed by atoms with E-state index in [1.807, 2.05) is 13.0 Å². The maximum Gasteiger partial charge on any atom is 0.235 e. The third-order valence-corrected chi connectivity index (χ3v) is 2.88. The predicted molar refractivity (Wildman–Crippen MR) is 70.0 cm³/mol. The highest BCUT2D eigenvalue weighted by molar-refractivity contribution is 6.16. The summed E-state index contributed by atoms with van der Waals surface area (Å²) in [6.45, 7) is 1.83. The van der Waals surface area contributed by atoms with Crippen LogP contribution in [-0.4, -0.2) is 15.9 Å². The van der Waals surface area contributed by atoms with Gasteiger partial charge in [0.05, 0.1) is 0 Å². The Balaban J connectivity index is 2.05. The van der Waals surface area contributed by atoms with Crippen molar-refractivity contribution in [3.05, 3.63) is 59.1 Å². The van der Waals surface area contributed by atoms with Crippen molar-refractivity contribution in [1.82, 2.24) is 4.98 Å². The van der Waals surface area contributed by atoms with E-state index in [0.717, 1.165) is 11.1 Å². The second-order valence-corrected chi connectivity index (χ2v) is 4.38. The second kappa shape index (κ2) is 4.24. The highest BCUT2D eigenvalue weighted by atomic mass is 16.5. The van der Waals surface area contributed by atoms with Gasteiger partial charge in [-0.05, 0) is 42.3 Å². The van der Waals surface area contributed by atoms with Gasteiger partial charge in [0.1, 0.15) is 17.1 Å². The summed E-state index contributed by atoms with van der Waals surface area (Å²) in [6.07, 6.45) is 4.91. The summed E-state index contributed by atoms with van der Waals surface area (Å²) >= 11 is 0. The quantitative estimate of drug-likeness (QED) is 0.794. The Bertz CT molecular complexity index is 690. The Labute approximate surface area is 110 Å². The molecule has 1 N–H and O–H groups in total. The number of carbonyl (C=O) groups excluding carboxylic acids is 1. The molecular formula is C15H11NO3. The lowest BCUT2D eigenvalue weighted by atomic mass is 10.1. The zero-order valence-electron chi connectivity index (χ0n) is 10.3. The Morgan fingerprint density at radius 3 is 2.95 bits per heavy atom. The molecule has 0 unspecified atom stereocenters. The van der Waals surface area contributed by atoms with E-state index < -0.39 is 0 Å². The van der Waals surface area contributed by atoms with Crippen LogP contribution in [0.25, 0.3) is 6.08 Å². The van der Waals surface area contributed by atoms with Crippen LogP contribution in [0.5, 0.6) is 11.5 Å². The van der Waals surface area contributed by atoms with E-state index in [-0.39, 0.29) is 22.9 Å². The molecule has 0 spiro atoms. The van der Waals surface area contributed by atoms with E-state index in [1.165, 1.54) is 0 Å². The molecule has 0 atom stereocenters. The molecule has 2 heterocycles. The number of aromatic nitrogens is 1. The number of pyridine rings is 1. The number of hydrogen-bond donors (Lipinski definition) is 1. The Morgan fingerprint density at radius 1 is 1.37 bits per heavy atom. The Hall–Kier alpha value is -2.62. The lowest BCUT2D eigenvalue weighted by molar-refractivity contribution is 0.101. The van der Waals surface area contributed by atoms with Gasteiger partial charge in [-0.3, -0.25) is 9.78 Å². The summed E-state index contributed by atoms with van der Waals surface area (Å²) in [4.78, 5) is 16.1. The molecular weight excluding hydrogens is 242 g/mol. The minimum absolute atomic E-state index is 0.0467. The molecule has 1 aromatic heterocycles. The maximum absolute atomic E-state index is 12.2. The molecule has 19 heavy (non-hydrogen) atoms. The molecule has 0 amide bonds. The van der Waals surface area contributed by atoms with E-state index in [1.54, 1.807) is 36.7 Å². The average molecular weight is 253 g/mol. The number of carbonyl (C=O) groups is 1. The fraction of sp³-hybridized carbons (Fsp3) is 0.0667. The van der Waals surface area contributed by atoms with Gasteiger partial charge in [-0.1, -0.05) is 6.07 Å². The molecule has 1 aliphatic rings. The van der Waals surface area contributed by atoms with Crippen molar-refractivity contribution >= 4 is 11.9 Å². The molecule has 94 valence electrons. The van der Waals surface area contributed by atoms with Gasteiger partial charge in [-0.25, -0.2) is 0 Å². The third kappa shape index (κ3) is 1.97. The molecule has 2 aromatic rings. The lowest BCUT2D eigenvalue weighted by Crippen LogP contribution is -1.98.